The number of halogens is 2. The highest BCUT2D eigenvalue weighted by Crippen LogP contribution is 2.26. The molecule has 0 saturated carbocycles. The maximum atomic E-state index is 12.9. The normalized spacial score (nSPS) is 10.9. The van der Waals surface area contributed by atoms with Crippen LogP contribution in [-0.4, -0.2) is 27.6 Å². The van der Waals surface area contributed by atoms with Gasteiger partial charge in [0.2, 0.25) is 0 Å². The van der Waals surface area contributed by atoms with Gasteiger partial charge in [-0.2, -0.15) is 5.10 Å². The molecule has 0 aliphatic carbocycles. The lowest BCUT2D eigenvalue weighted by Gasteiger charge is -2.11. The molecule has 0 spiro atoms. The van der Waals surface area contributed by atoms with Crippen molar-refractivity contribution in [1.82, 2.24) is 15.1 Å². The number of carbonyl (C=O) groups excluding carboxylic acids is 2. The number of benzene rings is 2. The number of amides is 2. The van der Waals surface area contributed by atoms with Crippen LogP contribution < -0.4 is 10.6 Å². The average Bonchev–Trinajstić information content (AvgIpc) is 2.97. The van der Waals surface area contributed by atoms with Gasteiger partial charge in [0.1, 0.15) is 5.15 Å². The molecule has 0 fully saturated rings. The molecule has 0 saturated heterocycles. The summed E-state index contributed by atoms with van der Waals surface area (Å²) >= 11 is 12.7. The Bertz CT molecular complexity index is 1080. The molecule has 1 heterocycles. The fourth-order valence-electron chi connectivity index (χ4n) is 2.97. The summed E-state index contributed by atoms with van der Waals surface area (Å²) < 4.78 is 1.58. The van der Waals surface area contributed by atoms with E-state index < -0.39 is 5.91 Å². The minimum absolute atomic E-state index is 0.0110. The van der Waals surface area contributed by atoms with Crippen molar-refractivity contribution in [1.29, 1.82) is 0 Å². The highest BCUT2D eigenvalue weighted by Gasteiger charge is 2.22. The molecule has 0 unspecified atom stereocenters. The first-order valence-corrected chi connectivity index (χ1v) is 10.2. The SMILES string of the molecule is Cc1nn(Cc2ccccc2)c(Cl)c1C(=O)Nc1cc(C(=O)NC(C)C)ccc1Cl. The number of aryl methyl sites for hydroxylation is 1. The molecule has 8 heteroatoms. The Labute approximate surface area is 185 Å². The van der Waals surface area contributed by atoms with E-state index in [-0.39, 0.29) is 22.7 Å². The van der Waals surface area contributed by atoms with E-state index in [0.29, 0.717) is 28.5 Å². The second kappa shape index (κ2) is 9.32. The van der Waals surface area contributed by atoms with Gasteiger partial charge in [-0.1, -0.05) is 53.5 Å². The van der Waals surface area contributed by atoms with Gasteiger partial charge in [0.15, 0.2) is 0 Å². The number of hydrogen-bond donors (Lipinski definition) is 2. The van der Waals surface area contributed by atoms with Crippen LogP contribution in [0.5, 0.6) is 0 Å². The molecule has 156 valence electrons. The van der Waals surface area contributed by atoms with Crippen LogP contribution in [0.2, 0.25) is 10.2 Å². The molecule has 2 amide bonds. The molecule has 6 nitrogen and oxygen atoms in total. The monoisotopic (exact) mass is 444 g/mol. The number of aromatic nitrogens is 2. The summed E-state index contributed by atoms with van der Waals surface area (Å²) in [5.74, 6) is -0.692. The molecule has 1 aromatic heterocycles. The summed E-state index contributed by atoms with van der Waals surface area (Å²) in [4.78, 5) is 25.2. The molecule has 0 aliphatic heterocycles. The Hall–Kier alpha value is -2.83. The van der Waals surface area contributed by atoms with Crippen molar-refractivity contribution >= 4 is 40.7 Å². The Morgan fingerprint density at radius 1 is 1.07 bits per heavy atom. The zero-order valence-corrected chi connectivity index (χ0v) is 18.4. The Balaban J connectivity index is 1.83. The second-order valence-corrected chi connectivity index (χ2v) is 7.94. The number of anilines is 1. The van der Waals surface area contributed by atoms with E-state index in [9.17, 15) is 9.59 Å². The third kappa shape index (κ3) is 5.01. The van der Waals surface area contributed by atoms with E-state index in [1.807, 2.05) is 44.2 Å². The van der Waals surface area contributed by atoms with Crippen molar-refractivity contribution in [3.63, 3.8) is 0 Å². The van der Waals surface area contributed by atoms with Gasteiger partial charge in [-0.05, 0) is 44.5 Å². The van der Waals surface area contributed by atoms with E-state index in [0.717, 1.165) is 5.56 Å². The predicted octanol–water partition coefficient (Wildman–Crippen LogP) is 4.94. The molecule has 2 aromatic carbocycles. The van der Waals surface area contributed by atoms with Crippen LogP contribution in [-0.2, 0) is 6.54 Å². The number of nitrogens with zero attached hydrogens (tertiary/aromatic N) is 2. The van der Waals surface area contributed by atoms with Gasteiger partial charge in [0, 0.05) is 11.6 Å². The maximum Gasteiger partial charge on any atom is 0.260 e. The number of nitrogens with one attached hydrogen (secondary N) is 2. The van der Waals surface area contributed by atoms with Gasteiger partial charge < -0.3 is 10.6 Å². The lowest BCUT2D eigenvalue weighted by atomic mass is 10.1. The van der Waals surface area contributed by atoms with Gasteiger partial charge in [0.25, 0.3) is 11.8 Å². The molecule has 3 aromatic rings. The maximum absolute atomic E-state index is 12.9. The number of rotatable bonds is 6. The summed E-state index contributed by atoms with van der Waals surface area (Å²) in [7, 11) is 0. The van der Waals surface area contributed by atoms with Crippen LogP contribution >= 0.6 is 23.2 Å². The molecule has 30 heavy (non-hydrogen) atoms. The summed E-state index contributed by atoms with van der Waals surface area (Å²) in [6.07, 6.45) is 0. The molecule has 3 rings (SSSR count). The molecule has 0 radical (unpaired) electrons. The van der Waals surface area contributed by atoms with E-state index in [2.05, 4.69) is 15.7 Å². The van der Waals surface area contributed by atoms with Gasteiger partial charge in [0.05, 0.1) is 28.5 Å². The minimum Gasteiger partial charge on any atom is -0.350 e. The highest BCUT2D eigenvalue weighted by atomic mass is 35.5. The molecule has 2 N–H and O–H groups in total. The standard InChI is InChI=1S/C22H22Cl2N4O2/c1-13(2)25-21(29)16-9-10-17(23)18(11-16)26-22(30)19-14(3)27-28(20(19)24)12-15-7-5-4-6-8-15/h4-11,13H,12H2,1-3H3,(H,25,29)(H,26,30). The lowest BCUT2D eigenvalue weighted by molar-refractivity contribution is 0.0941. The van der Waals surface area contributed by atoms with E-state index in [1.54, 1.807) is 23.7 Å². The zero-order chi connectivity index (χ0) is 21.8. The topological polar surface area (TPSA) is 76.0 Å². The molecule has 0 atom stereocenters. The Kier molecular flexibility index (Phi) is 6.80. The summed E-state index contributed by atoms with van der Waals surface area (Å²) in [6, 6.07) is 14.4. The van der Waals surface area contributed by atoms with Crippen molar-refractivity contribution in [2.45, 2.75) is 33.4 Å². The first-order chi connectivity index (χ1) is 14.3. The Morgan fingerprint density at radius 3 is 2.43 bits per heavy atom. The van der Waals surface area contributed by atoms with E-state index in [4.69, 9.17) is 23.2 Å². The first-order valence-electron chi connectivity index (χ1n) is 9.45. The van der Waals surface area contributed by atoms with Crippen LogP contribution in [0.15, 0.2) is 48.5 Å². The van der Waals surface area contributed by atoms with Crippen LogP contribution in [0.1, 0.15) is 45.8 Å². The van der Waals surface area contributed by atoms with Gasteiger partial charge in [-0.3, -0.25) is 9.59 Å². The van der Waals surface area contributed by atoms with Gasteiger partial charge >= 0.3 is 0 Å². The van der Waals surface area contributed by atoms with Crippen molar-refractivity contribution in [3.05, 3.63) is 81.1 Å². The smallest absolute Gasteiger partial charge is 0.260 e. The molecular formula is C22H22Cl2N4O2. The van der Waals surface area contributed by atoms with Crippen LogP contribution in [0.4, 0.5) is 5.69 Å². The van der Waals surface area contributed by atoms with Crippen molar-refractivity contribution in [2.75, 3.05) is 5.32 Å². The third-order valence-electron chi connectivity index (χ3n) is 4.36. The fourth-order valence-corrected chi connectivity index (χ4v) is 3.45. The van der Waals surface area contributed by atoms with Crippen LogP contribution in [0.3, 0.4) is 0 Å². The summed E-state index contributed by atoms with van der Waals surface area (Å²) in [5.41, 5.74) is 2.50. The van der Waals surface area contributed by atoms with Crippen molar-refractivity contribution in [2.24, 2.45) is 0 Å². The average molecular weight is 445 g/mol. The predicted molar refractivity (Wildman–Crippen MR) is 120 cm³/mol. The summed E-state index contributed by atoms with van der Waals surface area (Å²) in [6.45, 7) is 5.90. The third-order valence-corrected chi connectivity index (χ3v) is 5.08. The summed E-state index contributed by atoms with van der Waals surface area (Å²) in [5, 5.41) is 10.5. The number of hydrogen-bond acceptors (Lipinski definition) is 3. The van der Waals surface area contributed by atoms with Gasteiger partial charge in [-0.25, -0.2) is 4.68 Å². The minimum atomic E-state index is -0.444. The van der Waals surface area contributed by atoms with Crippen molar-refractivity contribution in [3.8, 4) is 0 Å². The number of carbonyl (C=O) groups is 2. The molecule has 0 bridgehead atoms. The molecule has 0 aliphatic rings. The van der Waals surface area contributed by atoms with Crippen LogP contribution in [0.25, 0.3) is 0 Å². The zero-order valence-electron chi connectivity index (χ0n) is 16.9. The van der Waals surface area contributed by atoms with Crippen LogP contribution in [0, 0.1) is 6.92 Å². The fraction of sp³-hybridized carbons (Fsp3) is 0.227. The Morgan fingerprint density at radius 2 is 1.77 bits per heavy atom. The lowest BCUT2D eigenvalue weighted by Crippen LogP contribution is -2.30. The molecular weight excluding hydrogens is 423 g/mol. The highest BCUT2D eigenvalue weighted by molar-refractivity contribution is 6.35. The first kappa shape index (κ1) is 21.9. The largest absolute Gasteiger partial charge is 0.350 e. The quantitative estimate of drug-likeness (QED) is 0.565. The van der Waals surface area contributed by atoms with Crippen molar-refractivity contribution < 1.29 is 9.59 Å². The van der Waals surface area contributed by atoms with Gasteiger partial charge in [-0.15, -0.1) is 0 Å². The van der Waals surface area contributed by atoms with E-state index in [1.165, 1.54) is 6.07 Å². The second-order valence-electron chi connectivity index (χ2n) is 7.17. The van der Waals surface area contributed by atoms with E-state index >= 15 is 0 Å².